The number of amides is 4. The molecule has 2 aromatic carbocycles. The number of nitrogens with one attached hydrogen (secondary N) is 2. The molecule has 0 aromatic heterocycles. The fourth-order valence-electron chi connectivity index (χ4n) is 6.41. The maximum atomic E-state index is 14.2. The summed E-state index contributed by atoms with van der Waals surface area (Å²) >= 11 is 0. The molecule has 2 aliphatic heterocycles. The third kappa shape index (κ3) is 5.85. The molecule has 0 bridgehead atoms. The number of ether oxygens (including phenoxy) is 1. The van der Waals surface area contributed by atoms with Crippen molar-refractivity contribution in [3.05, 3.63) is 82.1 Å². The Bertz CT molecular complexity index is 1450. The van der Waals surface area contributed by atoms with Gasteiger partial charge in [-0.2, -0.15) is 5.26 Å². The minimum atomic E-state index is -1.31. The van der Waals surface area contributed by atoms with Crippen molar-refractivity contribution in [1.29, 1.82) is 5.26 Å². The monoisotopic (exact) mass is 577 g/mol. The van der Waals surface area contributed by atoms with Crippen LogP contribution >= 0.6 is 0 Å². The van der Waals surface area contributed by atoms with Crippen molar-refractivity contribution >= 4 is 18.0 Å². The molecule has 2 heterocycles. The molecule has 2 N–H and O–H groups in total. The van der Waals surface area contributed by atoms with Crippen LogP contribution < -0.4 is 10.6 Å². The molecule has 1 saturated heterocycles. The van der Waals surface area contributed by atoms with E-state index in [1.54, 1.807) is 0 Å². The molecular weight excluding hydrogens is 544 g/mol. The molecule has 3 aliphatic rings. The van der Waals surface area contributed by atoms with Crippen LogP contribution in [0.15, 0.2) is 53.7 Å². The highest BCUT2D eigenvalue weighted by Gasteiger charge is 2.43. The van der Waals surface area contributed by atoms with Gasteiger partial charge in [-0.15, -0.1) is 0 Å². The summed E-state index contributed by atoms with van der Waals surface area (Å²) in [7, 11) is 1.16. The van der Waals surface area contributed by atoms with Crippen molar-refractivity contribution in [3.63, 3.8) is 0 Å². The molecule has 1 saturated carbocycles. The summed E-state index contributed by atoms with van der Waals surface area (Å²) in [6, 6.07) is 10.3. The zero-order valence-corrected chi connectivity index (χ0v) is 23.5. The van der Waals surface area contributed by atoms with Crippen LogP contribution in [0, 0.1) is 23.0 Å². The Morgan fingerprint density at radius 2 is 1.71 bits per heavy atom. The van der Waals surface area contributed by atoms with Crippen molar-refractivity contribution in [2.45, 2.75) is 63.1 Å². The minimum absolute atomic E-state index is 0.0506. The van der Waals surface area contributed by atoms with Gasteiger partial charge in [0.05, 0.1) is 24.3 Å². The molecule has 220 valence electrons. The number of esters is 1. The number of allylic oxidation sites excluding steroid dienone is 1. The average Bonchev–Trinajstić information content (AvgIpc) is 3.46. The lowest BCUT2D eigenvalue weighted by Gasteiger charge is -2.37. The molecular formula is C31H33F2N5O4. The Hall–Kier alpha value is -4.30. The number of rotatable bonds is 5. The minimum Gasteiger partial charge on any atom is -0.466 e. The van der Waals surface area contributed by atoms with E-state index < -0.39 is 35.7 Å². The van der Waals surface area contributed by atoms with Crippen LogP contribution in [-0.4, -0.2) is 60.1 Å². The molecule has 0 unspecified atom stereocenters. The number of methoxy groups -OCH3 is 1. The molecule has 2 atom stereocenters. The number of likely N-dealkylation sites (tertiary alicyclic amines) is 1. The first-order chi connectivity index (χ1) is 20.2. The number of hydrogen-bond donors (Lipinski definition) is 2. The van der Waals surface area contributed by atoms with E-state index in [4.69, 9.17) is 10.00 Å². The first kappa shape index (κ1) is 29.2. The lowest BCUT2D eigenvalue weighted by Crippen LogP contribution is -2.56. The Kier molecular flexibility index (Phi) is 8.54. The molecule has 2 fully saturated rings. The number of imide groups is 1. The van der Waals surface area contributed by atoms with E-state index in [-0.39, 0.29) is 22.9 Å². The van der Waals surface area contributed by atoms with Gasteiger partial charge >= 0.3 is 18.0 Å². The number of halogens is 2. The number of carbonyl (C=O) groups is 3. The first-order valence-corrected chi connectivity index (χ1v) is 14.1. The van der Waals surface area contributed by atoms with E-state index in [0.29, 0.717) is 30.5 Å². The van der Waals surface area contributed by atoms with Crippen molar-refractivity contribution in [2.24, 2.45) is 0 Å². The third-order valence-electron chi connectivity index (χ3n) is 8.60. The lowest BCUT2D eigenvalue weighted by molar-refractivity contribution is -0.136. The maximum absolute atomic E-state index is 14.2. The van der Waals surface area contributed by atoms with Gasteiger partial charge in [0.1, 0.15) is 6.04 Å². The van der Waals surface area contributed by atoms with Gasteiger partial charge in [-0.25, -0.2) is 28.1 Å². The molecule has 1 aliphatic carbocycles. The van der Waals surface area contributed by atoms with E-state index in [9.17, 15) is 23.2 Å². The summed E-state index contributed by atoms with van der Waals surface area (Å²) in [6.45, 7) is 2.89. The van der Waals surface area contributed by atoms with E-state index in [0.717, 1.165) is 56.4 Å². The summed E-state index contributed by atoms with van der Waals surface area (Å²) in [5, 5.41) is 14.5. The van der Waals surface area contributed by atoms with E-state index >= 15 is 0 Å². The van der Waals surface area contributed by atoms with Crippen LogP contribution in [0.2, 0.25) is 0 Å². The van der Waals surface area contributed by atoms with Crippen molar-refractivity contribution in [1.82, 2.24) is 20.4 Å². The quantitative estimate of drug-likeness (QED) is 0.491. The molecule has 2 aromatic rings. The molecule has 9 nitrogen and oxygen atoms in total. The molecule has 5 rings (SSSR count). The summed E-state index contributed by atoms with van der Waals surface area (Å²) in [6.07, 6.45) is 4.80. The molecule has 11 heteroatoms. The normalized spacial score (nSPS) is 24.6. The van der Waals surface area contributed by atoms with Crippen molar-refractivity contribution in [2.75, 3.05) is 20.2 Å². The van der Waals surface area contributed by atoms with Gasteiger partial charge in [-0.3, -0.25) is 4.90 Å². The van der Waals surface area contributed by atoms with Crippen LogP contribution in [0.3, 0.4) is 0 Å². The van der Waals surface area contributed by atoms with Crippen molar-refractivity contribution < 1.29 is 27.9 Å². The molecule has 42 heavy (non-hydrogen) atoms. The van der Waals surface area contributed by atoms with Gasteiger partial charge in [0, 0.05) is 30.9 Å². The molecule has 0 radical (unpaired) electrons. The number of nitrogens with zero attached hydrogens (tertiary/aromatic N) is 3. The average molecular weight is 578 g/mol. The number of nitriles is 1. The fraction of sp³-hybridized carbons (Fsp3) is 0.419. The lowest BCUT2D eigenvalue weighted by atomic mass is 9.81. The smallest absolute Gasteiger partial charge is 0.337 e. The van der Waals surface area contributed by atoms with Gasteiger partial charge in [0.15, 0.2) is 11.6 Å². The van der Waals surface area contributed by atoms with Gasteiger partial charge in [0.25, 0.3) is 0 Å². The van der Waals surface area contributed by atoms with E-state index in [1.807, 2.05) is 24.3 Å². The predicted molar refractivity (Wildman–Crippen MR) is 149 cm³/mol. The topological polar surface area (TPSA) is 115 Å². The summed E-state index contributed by atoms with van der Waals surface area (Å²) in [5.74, 6) is -2.60. The third-order valence-corrected chi connectivity index (χ3v) is 8.60. The van der Waals surface area contributed by atoms with Crippen molar-refractivity contribution in [3.8, 4) is 6.07 Å². The number of benzene rings is 2. The first-order valence-electron chi connectivity index (χ1n) is 14.1. The number of carbonyl (C=O) groups excluding carboxylic acids is 3. The SMILES string of the molecule is COC(=O)C1=C(C)NC(=O)N(C(=O)N[C@@H]2CCN(C3CCC(c4ccc(C#N)cc4)CC3)C2)[C@H]1c1ccc(F)c(F)c1. The van der Waals surface area contributed by atoms with E-state index in [1.165, 1.54) is 18.6 Å². The summed E-state index contributed by atoms with van der Waals surface area (Å²) in [5.41, 5.74) is 2.08. The van der Waals surface area contributed by atoms with Gasteiger partial charge in [0.2, 0.25) is 0 Å². The van der Waals surface area contributed by atoms with Crippen LogP contribution in [0.25, 0.3) is 0 Å². The standard InChI is InChI=1S/C31H33F2N5O4/c1-18-27(29(39)42-2)28(22-9-12-25(32)26(33)15-22)38(30(40)35-18)31(41)36-23-13-14-37(17-23)24-10-7-21(8-11-24)20-5-3-19(16-34)4-6-20/h3-6,9,12,15,21,23-24,28H,7-8,10-11,13-14,17H2,1-2H3,(H,35,40)(H,36,41)/t21?,23-,24?,28+/m1/s1. The second-order valence-corrected chi connectivity index (χ2v) is 11.1. The molecule has 4 amide bonds. The van der Waals surface area contributed by atoms with Gasteiger partial charge in [-0.1, -0.05) is 18.2 Å². The van der Waals surface area contributed by atoms with Crippen LogP contribution in [-0.2, 0) is 9.53 Å². The Morgan fingerprint density at radius 3 is 2.36 bits per heavy atom. The second-order valence-electron chi connectivity index (χ2n) is 11.1. The van der Waals surface area contributed by atoms with Crippen LogP contribution in [0.1, 0.15) is 67.7 Å². The Morgan fingerprint density at radius 1 is 1.02 bits per heavy atom. The van der Waals surface area contributed by atoms with Gasteiger partial charge < -0.3 is 15.4 Å². The highest BCUT2D eigenvalue weighted by molar-refractivity contribution is 6.01. The zero-order chi connectivity index (χ0) is 30.0. The number of hydrogen-bond acceptors (Lipinski definition) is 6. The maximum Gasteiger partial charge on any atom is 0.337 e. The highest BCUT2D eigenvalue weighted by Crippen LogP contribution is 2.37. The highest BCUT2D eigenvalue weighted by atomic mass is 19.2. The summed E-state index contributed by atoms with van der Waals surface area (Å²) < 4.78 is 32.8. The fourth-order valence-corrected chi connectivity index (χ4v) is 6.41. The molecule has 0 spiro atoms. The Labute approximate surface area is 243 Å². The van der Waals surface area contributed by atoms with Gasteiger partial charge in [-0.05, 0) is 80.3 Å². The van der Waals surface area contributed by atoms with Crippen LogP contribution in [0.4, 0.5) is 18.4 Å². The predicted octanol–water partition coefficient (Wildman–Crippen LogP) is 4.86. The number of urea groups is 2. The largest absolute Gasteiger partial charge is 0.466 e. The second kappa shape index (κ2) is 12.3. The summed E-state index contributed by atoms with van der Waals surface area (Å²) in [4.78, 5) is 42.6. The zero-order valence-electron chi connectivity index (χ0n) is 23.5. The van der Waals surface area contributed by atoms with Crippen LogP contribution in [0.5, 0.6) is 0 Å². The Balaban J connectivity index is 1.26. The van der Waals surface area contributed by atoms with E-state index in [2.05, 4.69) is 21.6 Å².